The van der Waals surface area contributed by atoms with E-state index < -0.39 is 11.9 Å². The molecule has 0 saturated carbocycles. The van der Waals surface area contributed by atoms with Crippen molar-refractivity contribution >= 4 is 17.6 Å². The highest BCUT2D eigenvalue weighted by Crippen LogP contribution is 2.19. The Kier molecular flexibility index (Phi) is 3.80. The normalized spacial score (nSPS) is 10.5. The number of carbonyl (C=O) groups excluding carboxylic acids is 1. The fourth-order valence-corrected chi connectivity index (χ4v) is 1.78. The van der Waals surface area contributed by atoms with Crippen LogP contribution in [0.3, 0.4) is 0 Å². The largest absolute Gasteiger partial charge is 0.457 e. The number of esters is 1. The summed E-state index contributed by atoms with van der Waals surface area (Å²) in [5, 5.41) is 4.52. The van der Waals surface area contributed by atoms with Gasteiger partial charge in [-0.3, -0.25) is 4.68 Å². The van der Waals surface area contributed by atoms with E-state index in [2.05, 4.69) is 10.1 Å². The molecule has 0 spiro atoms. The van der Waals surface area contributed by atoms with Crippen LogP contribution in [-0.2, 0) is 18.4 Å². The molecule has 0 aliphatic heterocycles. The highest BCUT2D eigenvalue weighted by Gasteiger charge is 2.14. The maximum absolute atomic E-state index is 12.6. The van der Waals surface area contributed by atoms with E-state index >= 15 is 0 Å². The van der Waals surface area contributed by atoms with Gasteiger partial charge in [0.15, 0.2) is 0 Å². The Bertz CT molecular complexity index is 610. The van der Waals surface area contributed by atoms with Gasteiger partial charge in [-0.05, 0) is 19.1 Å². The van der Waals surface area contributed by atoms with Crippen molar-refractivity contribution in [2.24, 2.45) is 7.05 Å². The minimum Gasteiger partial charge on any atom is -0.457 e. The van der Waals surface area contributed by atoms with Gasteiger partial charge in [-0.1, -0.05) is 11.6 Å². The number of rotatable bonds is 3. The first kappa shape index (κ1) is 13.5. The first-order valence-electron chi connectivity index (χ1n) is 5.45. The SMILES string of the molecule is Cc1nn(C)c(Cl)c1COC(=O)c1ccc(F)nc1. The molecule has 2 aromatic rings. The number of halogens is 2. The van der Waals surface area contributed by atoms with Gasteiger partial charge in [0.1, 0.15) is 11.8 Å². The van der Waals surface area contributed by atoms with Gasteiger partial charge >= 0.3 is 5.97 Å². The Hall–Kier alpha value is -1.95. The van der Waals surface area contributed by atoms with Crippen molar-refractivity contribution in [3.63, 3.8) is 0 Å². The maximum Gasteiger partial charge on any atom is 0.340 e. The second kappa shape index (κ2) is 5.36. The van der Waals surface area contributed by atoms with Crippen molar-refractivity contribution in [1.82, 2.24) is 14.8 Å². The van der Waals surface area contributed by atoms with E-state index in [1.807, 2.05) is 0 Å². The van der Waals surface area contributed by atoms with Gasteiger partial charge in [0.25, 0.3) is 0 Å². The second-order valence-electron chi connectivity index (χ2n) is 3.92. The zero-order chi connectivity index (χ0) is 14.0. The van der Waals surface area contributed by atoms with Gasteiger partial charge in [-0.25, -0.2) is 9.78 Å². The van der Waals surface area contributed by atoms with Gasteiger partial charge in [0.05, 0.1) is 11.3 Å². The standard InChI is InChI=1S/C12H11ClFN3O2/c1-7-9(11(13)17(2)16-7)6-19-12(18)8-3-4-10(14)15-5-8/h3-5H,6H2,1-2H3. The predicted molar refractivity (Wildman–Crippen MR) is 66.3 cm³/mol. The molecule has 0 atom stereocenters. The lowest BCUT2D eigenvalue weighted by Gasteiger charge is -2.04. The molecular weight excluding hydrogens is 273 g/mol. The summed E-state index contributed by atoms with van der Waals surface area (Å²) in [6.45, 7) is 1.78. The molecule has 0 amide bonds. The molecule has 19 heavy (non-hydrogen) atoms. The summed E-state index contributed by atoms with van der Waals surface area (Å²) < 4.78 is 19.2. The van der Waals surface area contributed by atoms with Gasteiger partial charge in [-0.15, -0.1) is 0 Å². The summed E-state index contributed by atoms with van der Waals surface area (Å²) in [4.78, 5) is 15.1. The molecule has 0 aromatic carbocycles. The third kappa shape index (κ3) is 2.90. The molecule has 100 valence electrons. The molecule has 2 aromatic heterocycles. The summed E-state index contributed by atoms with van der Waals surface area (Å²) in [6.07, 6.45) is 1.12. The molecule has 0 radical (unpaired) electrons. The zero-order valence-corrected chi connectivity index (χ0v) is 11.1. The summed E-state index contributed by atoms with van der Waals surface area (Å²) in [5.41, 5.74) is 1.52. The van der Waals surface area contributed by atoms with E-state index in [1.54, 1.807) is 14.0 Å². The number of aromatic nitrogens is 3. The van der Waals surface area contributed by atoms with E-state index in [0.29, 0.717) is 16.4 Å². The predicted octanol–water partition coefficient (Wildman–Crippen LogP) is 2.27. The topological polar surface area (TPSA) is 57.0 Å². The van der Waals surface area contributed by atoms with Crippen molar-refractivity contribution in [3.05, 3.63) is 46.3 Å². The molecule has 2 heterocycles. The zero-order valence-electron chi connectivity index (χ0n) is 10.4. The van der Waals surface area contributed by atoms with Crippen LogP contribution in [0.1, 0.15) is 21.6 Å². The Morgan fingerprint density at radius 1 is 1.53 bits per heavy atom. The Labute approximate surface area is 114 Å². The van der Waals surface area contributed by atoms with E-state index in [0.717, 1.165) is 12.3 Å². The summed E-state index contributed by atoms with van der Waals surface area (Å²) in [6, 6.07) is 2.40. The average Bonchev–Trinajstić information content (AvgIpc) is 2.62. The molecule has 7 heteroatoms. The Morgan fingerprint density at radius 2 is 2.26 bits per heavy atom. The molecule has 5 nitrogen and oxygen atoms in total. The molecule has 0 aliphatic carbocycles. The maximum atomic E-state index is 12.6. The number of nitrogens with zero attached hydrogens (tertiary/aromatic N) is 3. The van der Waals surface area contributed by atoms with E-state index in [1.165, 1.54) is 10.7 Å². The van der Waals surface area contributed by atoms with Crippen molar-refractivity contribution in [2.45, 2.75) is 13.5 Å². The number of ether oxygens (including phenoxy) is 1. The minimum atomic E-state index is -0.650. The van der Waals surface area contributed by atoms with Crippen LogP contribution >= 0.6 is 11.6 Å². The van der Waals surface area contributed by atoms with Crippen LogP contribution in [0, 0.1) is 12.9 Å². The van der Waals surface area contributed by atoms with Gasteiger partial charge in [0, 0.05) is 18.8 Å². The highest BCUT2D eigenvalue weighted by atomic mass is 35.5. The van der Waals surface area contributed by atoms with Crippen LogP contribution < -0.4 is 0 Å². The minimum absolute atomic E-state index is 0.00865. The van der Waals surface area contributed by atoms with Crippen molar-refractivity contribution in [2.75, 3.05) is 0 Å². The van der Waals surface area contributed by atoms with Crippen molar-refractivity contribution < 1.29 is 13.9 Å². The quantitative estimate of drug-likeness (QED) is 0.640. The van der Waals surface area contributed by atoms with Crippen LogP contribution in [0.5, 0.6) is 0 Å². The van der Waals surface area contributed by atoms with Crippen LogP contribution in [-0.4, -0.2) is 20.7 Å². The smallest absolute Gasteiger partial charge is 0.340 e. The molecule has 0 bridgehead atoms. The first-order valence-corrected chi connectivity index (χ1v) is 5.83. The molecule has 0 fully saturated rings. The first-order chi connectivity index (χ1) is 8.99. The van der Waals surface area contributed by atoms with E-state index in [-0.39, 0.29) is 12.2 Å². The van der Waals surface area contributed by atoms with Crippen LogP contribution in [0.4, 0.5) is 4.39 Å². The molecule has 0 saturated heterocycles. The van der Waals surface area contributed by atoms with E-state index in [9.17, 15) is 9.18 Å². The van der Waals surface area contributed by atoms with Crippen molar-refractivity contribution in [1.29, 1.82) is 0 Å². The summed E-state index contributed by atoms with van der Waals surface area (Å²) in [5.74, 6) is -1.24. The highest BCUT2D eigenvalue weighted by molar-refractivity contribution is 6.30. The van der Waals surface area contributed by atoms with Gasteiger partial charge in [-0.2, -0.15) is 9.49 Å². The Balaban J connectivity index is 2.06. The lowest BCUT2D eigenvalue weighted by atomic mass is 10.2. The number of pyridine rings is 1. The number of aryl methyl sites for hydroxylation is 2. The molecule has 0 aliphatic rings. The number of hydrogen-bond donors (Lipinski definition) is 0. The second-order valence-corrected chi connectivity index (χ2v) is 4.28. The summed E-state index contributed by atoms with van der Waals surface area (Å²) in [7, 11) is 1.70. The molecule has 0 unspecified atom stereocenters. The molecular formula is C12H11ClFN3O2. The Morgan fingerprint density at radius 3 is 2.79 bits per heavy atom. The third-order valence-corrected chi connectivity index (χ3v) is 3.05. The lowest BCUT2D eigenvalue weighted by Crippen LogP contribution is -2.06. The van der Waals surface area contributed by atoms with Crippen LogP contribution in [0.25, 0.3) is 0 Å². The number of carbonyl (C=O) groups is 1. The van der Waals surface area contributed by atoms with Gasteiger partial charge in [0.2, 0.25) is 5.95 Å². The number of hydrogen-bond acceptors (Lipinski definition) is 4. The fraction of sp³-hybridized carbons (Fsp3) is 0.250. The van der Waals surface area contributed by atoms with E-state index in [4.69, 9.17) is 16.3 Å². The summed E-state index contributed by atoms with van der Waals surface area (Å²) >= 11 is 6.01. The monoisotopic (exact) mass is 283 g/mol. The molecule has 2 rings (SSSR count). The van der Waals surface area contributed by atoms with Crippen LogP contribution in [0.2, 0.25) is 5.15 Å². The van der Waals surface area contributed by atoms with Crippen molar-refractivity contribution in [3.8, 4) is 0 Å². The van der Waals surface area contributed by atoms with Crippen LogP contribution in [0.15, 0.2) is 18.3 Å². The molecule has 0 N–H and O–H groups in total. The lowest BCUT2D eigenvalue weighted by molar-refractivity contribution is 0.0471. The third-order valence-electron chi connectivity index (χ3n) is 2.58. The van der Waals surface area contributed by atoms with Gasteiger partial charge < -0.3 is 4.74 Å². The fourth-order valence-electron chi connectivity index (χ4n) is 1.56. The average molecular weight is 284 g/mol.